The van der Waals surface area contributed by atoms with Gasteiger partial charge < -0.3 is 44.3 Å². The maximum Gasteiger partial charge on any atom is 0.321 e. The Labute approximate surface area is 220 Å². The lowest BCUT2D eigenvalue weighted by molar-refractivity contribution is -0.277. The number of aliphatic hydroxyl groups excluding tert-OH is 3. The molecule has 0 saturated carbocycles. The summed E-state index contributed by atoms with van der Waals surface area (Å²) in [6, 6.07) is -0.177. The number of cyclic esters (lactones) is 1. The molecule has 36 heavy (non-hydrogen) atoms. The molecule has 0 amide bonds. The molecule has 0 aromatic rings. The predicted molar refractivity (Wildman–Crippen MR) is 137 cm³/mol. The van der Waals surface area contributed by atoms with Crippen molar-refractivity contribution in [3.63, 3.8) is 0 Å². The zero-order valence-electron chi connectivity index (χ0n) is 22.3. The van der Waals surface area contributed by atoms with Crippen LogP contribution in [-0.2, 0) is 23.7 Å². The van der Waals surface area contributed by atoms with Gasteiger partial charge in [-0.2, -0.15) is 12.6 Å². The lowest BCUT2D eigenvalue weighted by Gasteiger charge is -2.44. The van der Waals surface area contributed by atoms with E-state index >= 15 is 0 Å². The zero-order chi connectivity index (χ0) is 27.4. The molecule has 0 spiro atoms. The van der Waals surface area contributed by atoms with Gasteiger partial charge in [0.25, 0.3) is 0 Å². The van der Waals surface area contributed by atoms with Crippen molar-refractivity contribution in [3.8, 4) is 0 Å². The number of likely N-dealkylation sites (N-methyl/N-ethyl adjacent to an activating group) is 1. The average Bonchev–Trinajstić information content (AvgIpc) is 2.83. The van der Waals surface area contributed by atoms with Crippen molar-refractivity contribution in [2.24, 2.45) is 5.92 Å². The second-order valence-corrected chi connectivity index (χ2v) is 11.4. The summed E-state index contributed by atoms with van der Waals surface area (Å²) in [6.45, 7) is 8.94. The number of hydrogen-bond acceptors (Lipinski definition) is 11. The zero-order valence-corrected chi connectivity index (χ0v) is 23.2. The average molecular weight is 536 g/mol. The molecule has 2 aliphatic heterocycles. The first-order valence-corrected chi connectivity index (χ1v) is 12.9. The van der Waals surface area contributed by atoms with E-state index in [0.29, 0.717) is 31.4 Å². The molecular weight excluding hydrogens is 490 g/mol. The van der Waals surface area contributed by atoms with E-state index in [2.05, 4.69) is 19.2 Å². The first-order valence-electron chi connectivity index (χ1n) is 12.4. The van der Waals surface area contributed by atoms with Crippen LogP contribution in [0.5, 0.6) is 0 Å². The maximum atomic E-state index is 12.6. The van der Waals surface area contributed by atoms with E-state index in [1.165, 1.54) is 14.0 Å². The van der Waals surface area contributed by atoms with Gasteiger partial charge in [0.1, 0.15) is 23.6 Å². The monoisotopic (exact) mass is 535 g/mol. The van der Waals surface area contributed by atoms with Crippen LogP contribution in [-0.4, -0.2) is 119 Å². The van der Waals surface area contributed by atoms with E-state index < -0.39 is 65.7 Å². The third kappa shape index (κ3) is 7.42. The molecule has 2 saturated heterocycles. The Hall–Kier alpha value is -0.760. The fourth-order valence-electron chi connectivity index (χ4n) is 4.74. The Balaban J connectivity index is 2.38. The first kappa shape index (κ1) is 31.5. The number of aliphatic hydroxyl groups is 4. The Kier molecular flexibility index (Phi) is 11.2. The SMILES string of the molecule is C=C1CC[C@@](C)(OC)[C@H](O[C@@H]2OCC[C@H](N(C)C)[C@H]2O)C[C@H](O)[C@@H](S)C(=O)OC[C@@](C)(O)[C@H](O)[C@H]1C. The third-order valence-corrected chi connectivity index (χ3v) is 8.30. The van der Waals surface area contributed by atoms with E-state index in [4.69, 9.17) is 18.9 Å². The number of thiol groups is 1. The molecule has 2 heterocycles. The fraction of sp³-hybridized carbons (Fsp3) is 0.880. The van der Waals surface area contributed by atoms with Crippen molar-refractivity contribution in [2.45, 2.75) is 99.7 Å². The van der Waals surface area contributed by atoms with Crippen LogP contribution in [0.25, 0.3) is 0 Å². The summed E-state index contributed by atoms with van der Waals surface area (Å²) >= 11 is 4.26. The van der Waals surface area contributed by atoms with Crippen LogP contribution in [0, 0.1) is 5.92 Å². The van der Waals surface area contributed by atoms with Crippen molar-refractivity contribution in [1.29, 1.82) is 0 Å². The first-order chi connectivity index (χ1) is 16.6. The number of esters is 1. The van der Waals surface area contributed by atoms with E-state index in [9.17, 15) is 25.2 Å². The Morgan fingerprint density at radius 2 is 1.86 bits per heavy atom. The van der Waals surface area contributed by atoms with Gasteiger partial charge in [-0.3, -0.25) is 4.79 Å². The summed E-state index contributed by atoms with van der Waals surface area (Å²) in [4.78, 5) is 14.5. The number of carbonyl (C=O) groups is 1. The standard InChI is InChI=1S/C25H45NO9S/c1-14-8-10-25(4,32-7)18(35-23-19(28)16(26(5)6)9-11-33-23)12-17(27)20(36)22(30)34-13-24(3,31)21(29)15(14)2/h15-21,23,27-29,31,36H,1,8-13H2,2-7H3/t15-,16-,17-,18+,19+,20+,21+,23-,24+,25+/m0/s1. The van der Waals surface area contributed by atoms with Crippen LogP contribution in [0.1, 0.15) is 46.5 Å². The minimum atomic E-state index is -1.73. The van der Waals surface area contributed by atoms with E-state index in [1.54, 1.807) is 6.92 Å². The number of carbonyl (C=O) groups excluding carboxylic acids is 1. The topological polar surface area (TPSA) is 138 Å². The molecule has 2 fully saturated rings. The predicted octanol–water partition coefficient (Wildman–Crippen LogP) is 0.505. The van der Waals surface area contributed by atoms with Crippen LogP contribution >= 0.6 is 12.6 Å². The van der Waals surface area contributed by atoms with Gasteiger partial charge in [-0.15, -0.1) is 0 Å². The summed E-state index contributed by atoms with van der Waals surface area (Å²) in [6.07, 6.45) is -3.88. The molecule has 0 aromatic carbocycles. The van der Waals surface area contributed by atoms with E-state index in [0.717, 1.165) is 0 Å². The summed E-state index contributed by atoms with van der Waals surface area (Å²) in [5.41, 5.74) is -2.05. The van der Waals surface area contributed by atoms with Crippen molar-refractivity contribution >= 4 is 18.6 Å². The Morgan fingerprint density at radius 1 is 1.22 bits per heavy atom. The quantitative estimate of drug-likeness (QED) is 0.197. The van der Waals surface area contributed by atoms with Gasteiger partial charge in [0.05, 0.1) is 30.5 Å². The van der Waals surface area contributed by atoms with Gasteiger partial charge in [-0.1, -0.05) is 19.1 Å². The van der Waals surface area contributed by atoms with Gasteiger partial charge in [0, 0.05) is 25.5 Å². The van der Waals surface area contributed by atoms with Crippen LogP contribution < -0.4 is 0 Å². The minimum Gasteiger partial charge on any atom is -0.462 e. The lowest BCUT2D eigenvalue weighted by Crippen LogP contribution is -2.56. The van der Waals surface area contributed by atoms with Gasteiger partial charge in [0.15, 0.2) is 6.29 Å². The fourth-order valence-corrected chi connectivity index (χ4v) is 4.93. The van der Waals surface area contributed by atoms with E-state index in [1.807, 2.05) is 25.9 Å². The van der Waals surface area contributed by atoms with Crippen LogP contribution in [0.3, 0.4) is 0 Å². The van der Waals surface area contributed by atoms with Crippen molar-refractivity contribution in [2.75, 3.05) is 34.4 Å². The van der Waals surface area contributed by atoms with Crippen LogP contribution in [0.4, 0.5) is 0 Å². The molecule has 10 nitrogen and oxygen atoms in total. The molecule has 11 heteroatoms. The van der Waals surface area contributed by atoms with Crippen LogP contribution in [0.2, 0.25) is 0 Å². The van der Waals surface area contributed by atoms with Gasteiger partial charge in [-0.25, -0.2) is 0 Å². The second-order valence-electron chi connectivity index (χ2n) is 10.8. The molecule has 0 radical (unpaired) electrons. The molecule has 0 aliphatic carbocycles. The molecule has 0 bridgehead atoms. The number of hydrogen-bond donors (Lipinski definition) is 5. The largest absolute Gasteiger partial charge is 0.462 e. The Morgan fingerprint density at radius 3 is 2.44 bits per heavy atom. The molecule has 4 N–H and O–H groups in total. The third-order valence-electron chi connectivity index (χ3n) is 7.74. The molecule has 2 rings (SSSR count). The molecular formula is C25H45NO9S. The van der Waals surface area contributed by atoms with Gasteiger partial charge in [-0.05, 0) is 47.2 Å². The second kappa shape index (κ2) is 12.9. The van der Waals surface area contributed by atoms with Crippen molar-refractivity contribution in [1.82, 2.24) is 4.90 Å². The summed E-state index contributed by atoms with van der Waals surface area (Å²) < 4.78 is 23.1. The van der Waals surface area contributed by atoms with Gasteiger partial charge >= 0.3 is 5.97 Å². The normalized spacial score (nSPS) is 44.2. The number of methoxy groups -OCH3 is 1. The lowest BCUT2D eigenvalue weighted by atomic mass is 9.81. The molecule has 10 atom stereocenters. The van der Waals surface area contributed by atoms with Crippen molar-refractivity contribution < 1.29 is 44.2 Å². The highest BCUT2D eigenvalue weighted by Gasteiger charge is 2.45. The highest BCUT2D eigenvalue weighted by Crippen LogP contribution is 2.35. The van der Waals surface area contributed by atoms with E-state index in [-0.39, 0.29) is 12.5 Å². The number of nitrogens with zero attached hydrogens (tertiary/aromatic N) is 1. The van der Waals surface area contributed by atoms with Gasteiger partial charge in [0.2, 0.25) is 0 Å². The molecule has 2 aliphatic rings. The minimum absolute atomic E-state index is 0.0616. The summed E-state index contributed by atoms with van der Waals surface area (Å²) in [5.74, 6) is -1.36. The summed E-state index contributed by atoms with van der Waals surface area (Å²) in [7, 11) is 5.26. The highest BCUT2D eigenvalue weighted by atomic mass is 32.1. The van der Waals surface area contributed by atoms with Crippen LogP contribution in [0.15, 0.2) is 12.2 Å². The molecule has 0 aromatic heterocycles. The number of ether oxygens (including phenoxy) is 4. The molecule has 210 valence electrons. The Bertz CT molecular complexity index is 751. The maximum absolute atomic E-state index is 12.6. The summed E-state index contributed by atoms with van der Waals surface area (Å²) in [5, 5.41) is 42.1. The highest BCUT2D eigenvalue weighted by molar-refractivity contribution is 7.81. The molecule has 0 unspecified atom stereocenters. The smallest absolute Gasteiger partial charge is 0.321 e. The van der Waals surface area contributed by atoms with Crippen molar-refractivity contribution in [3.05, 3.63) is 12.2 Å². The number of rotatable bonds is 4.